The van der Waals surface area contributed by atoms with Crippen molar-refractivity contribution in [3.63, 3.8) is 0 Å². The smallest absolute Gasteiger partial charge is 0.409 e. The van der Waals surface area contributed by atoms with Crippen LogP contribution in [0.4, 0.5) is 15.0 Å². The van der Waals surface area contributed by atoms with Crippen molar-refractivity contribution in [2.75, 3.05) is 25.0 Å². The van der Waals surface area contributed by atoms with Crippen molar-refractivity contribution in [2.45, 2.75) is 25.8 Å². The largest absolute Gasteiger partial charge is 0.450 e. The van der Waals surface area contributed by atoms with Gasteiger partial charge in [0.2, 0.25) is 0 Å². The lowest BCUT2D eigenvalue weighted by Gasteiger charge is -2.31. The summed E-state index contributed by atoms with van der Waals surface area (Å²) in [6.07, 6.45) is 2.56. The molecule has 0 spiro atoms. The second-order valence-electron chi connectivity index (χ2n) is 4.59. The van der Waals surface area contributed by atoms with E-state index in [2.05, 4.69) is 10.3 Å². The quantitative estimate of drug-likeness (QED) is 0.932. The topological polar surface area (TPSA) is 54.5 Å². The minimum atomic E-state index is -0.467. The summed E-state index contributed by atoms with van der Waals surface area (Å²) in [4.78, 5) is 17.1. The molecule has 1 saturated heterocycles. The summed E-state index contributed by atoms with van der Waals surface area (Å²) in [5.41, 5.74) is 0. The molecule has 1 aliphatic rings. The number of carbonyl (C=O) groups is 1. The minimum absolute atomic E-state index is 0.0869. The normalized spacial score (nSPS) is 16.1. The van der Waals surface area contributed by atoms with Crippen molar-refractivity contribution in [2.24, 2.45) is 0 Å². The lowest BCUT2D eigenvalue weighted by atomic mass is 10.1. The zero-order valence-corrected chi connectivity index (χ0v) is 12.0. The van der Waals surface area contributed by atoms with Crippen LogP contribution in [0.2, 0.25) is 5.02 Å². The number of hydrogen-bond donors (Lipinski definition) is 1. The molecule has 0 radical (unpaired) electrons. The summed E-state index contributed by atoms with van der Waals surface area (Å²) in [6.45, 7) is 3.33. The number of nitrogens with zero attached hydrogens (tertiary/aromatic N) is 2. The Morgan fingerprint density at radius 2 is 2.30 bits per heavy atom. The predicted octanol–water partition coefficient (Wildman–Crippen LogP) is 2.91. The average Bonchev–Trinajstić information content (AvgIpc) is 2.43. The molecule has 1 aromatic rings. The molecular formula is C13H17ClFN3O2. The number of ether oxygens (including phenoxy) is 1. The van der Waals surface area contributed by atoms with Crippen molar-refractivity contribution in [1.29, 1.82) is 0 Å². The van der Waals surface area contributed by atoms with Crippen molar-refractivity contribution >= 4 is 23.5 Å². The summed E-state index contributed by atoms with van der Waals surface area (Å²) in [7, 11) is 0. The van der Waals surface area contributed by atoms with Gasteiger partial charge < -0.3 is 15.0 Å². The van der Waals surface area contributed by atoms with Crippen molar-refractivity contribution in [3.8, 4) is 0 Å². The first-order valence-electron chi connectivity index (χ1n) is 6.59. The van der Waals surface area contributed by atoms with Crippen LogP contribution >= 0.6 is 11.6 Å². The average molecular weight is 302 g/mol. The number of hydrogen-bond acceptors (Lipinski definition) is 4. The van der Waals surface area contributed by atoms with Gasteiger partial charge in [0.15, 0.2) is 11.6 Å². The fraction of sp³-hybridized carbons (Fsp3) is 0.538. The predicted molar refractivity (Wildman–Crippen MR) is 74.4 cm³/mol. The van der Waals surface area contributed by atoms with Crippen LogP contribution in [-0.4, -0.2) is 41.7 Å². The van der Waals surface area contributed by atoms with E-state index in [0.29, 0.717) is 19.7 Å². The van der Waals surface area contributed by atoms with E-state index in [-0.39, 0.29) is 23.0 Å². The highest BCUT2D eigenvalue weighted by Crippen LogP contribution is 2.20. The highest BCUT2D eigenvalue weighted by Gasteiger charge is 2.24. The van der Waals surface area contributed by atoms with Crippen molar-refractivity contribution < 1.29 is 13.9 Å². The maximum atomic E-state index is 13.6. The highest BCUT2D eigenvalue weighted by molar-refractivity contribution is 6.30. The van der Waals surface area contributed by atoms with E-state index in [1.807, 2.05) is 0 Å². The SMILES string of the molecule is CCOC(=O)N1CCC(Nc2ncc(Cl)cc2F)CC1. The van der Waals surface area contributed by atoms with Gasteiger partial charge in [0.1, 0.15) is 0 Å². The third kappa shape index (κ3) is 3.72. The molecule has 20 heavy (non-hydrogen) atoms. The second-order valence-corrected chi connectivity index (χ2v) is 5.02. The standard InChI is InChI=1S/C13H17ClFN3O2/c1-2-20-13(19)18-5-3-10(4-6-18)17-12-11(15)7-9(14)8-16-12/h7-8,10H,2-6H2,1H3,(H,16,17). The number of aromatic nitrogens is 1. The highest BCUT2D eigenvalue weighted by atomic mass is 35.5. The maximum absolute atomic E-state index is 13.6. The molecule has 1 amide bonds. The van der Waals surface area contributed by atoms with Crippen LogP contribution in [-0.2, 0) is 4.74 Å². The molecule has 0 atom stereocenters. The van der Waals surface area contributed by atoms with E-state index in [1.54, 1.807) is 11.8 Å². The first-order valence-corrected chi connectivity index (χ1v) is 6.97. The van der Waals surface area contributed by atoms with E-state index in [4.69, 9.17) is 16.3 Å². The molecule has 0 aromatic carbocycles. The van der Waals surface area contributed by atoms with Gasteiger partial charge in [-0.3, -0.25) is 0 Å². The number of anilines is 1. The number of halogens is 2. The molecule has 7 heteroatoms. The Labute approximate surface area is 122 Å². The second kappa shape index (κ2) is 6.74. The molecule has 1 aromatic heterocycles. The van der Waals surface area contributed by atoms with Gasteiger partial charge in [-0.1, -0.05) is 11.6 Å². The summed E-state index contributed by atoms with van der Waals surface area (Å²) in [6, 6.07) is 1.31. The van der Waals surface area contributed by atoms with Gasteiger partial charge in [-0.05, 0) is 25.8 Å². The zero-order valence-electron chi connectivity index (χ0n) is 11.2. The summed E-state index contributed by atoms with van der Waals surface area (Å²) in [5, 5.41) is 3.31. The Hall–Kier alpha value is -1.56. The van der Waals surface area contributed by atoms with Gasteiger partial charge >= 0.3 is 6.09 Å². The first kappa shape index (κ1) is 14.8. The van der Waals surface area contributed by atoms with Crippen LogP contribution in [0, 0.1) is 5.82 Å². The van der Waals surface area contributed by atoms with E-state index in [1.165, 1.54) is 12.3 Å². The summed E-state index contributed by atoms with van der Waals surface area (Å²) < 4.78 is 18.6. The maximum Gasteiger partial charge on any atom is 0.409 e. The first-order chi connectivity index (χ1) is 9.60. The Kier molecular flexibility index (Phi) is 5.00. The lowest BCUT2D eigenvalue weighted by molar-refractivity contribution is 0.0983. The summed E-state index contributed by atoms with van der Waals surface area (Å²) >= 11 is 5.66. The number of rotatable bonds is 3. The summed E-state index contributed by atoms with van der Waals surface area (Å²) in [5.74, 6) is -0.269. The van der Waals surface area contributed by atoms with Gasteiger partial charge in [-0.2, -0.15) is 0 Å². The Morgan fingerprint density at radius 3 is 2.90 bits per heavy atom. The van der Waals surface area contributed by atoms with E-state index >= 15 is 0 Å². The van der Waals surface area contributed by atoms with E-state index in [0.717, 1.165) is 12.8 Å². The molecule has 2 heterocycles. The monoisotopic (exact) mass is 301 g/mol. The van der Waals surface area contributed by atoms with Crippen LogP contribution in [0.15, 0.2) is 12.3 Å². The minimum Gasteiger partial charge on any atom is -0.450 e. The van der Waals surface area contributed by atoms with Gasteiger partial charge in [0.05, 0.1) is 11.6 Å². The van der Waals surface area contributed by atoms with Crippen LogP contribution in [0.5, 0.6) is 0 Å². The zero-order chi connectivity index (χ0) is 14.5. The molecular weight excluding hydrogens is 285 g/mol. The number of carbonyl (C=O) groups excluding carboxylic acids is 1. The fourth-order valence-corrected chi connectivity index (χ4v) is 2.28. The molecule has 0 bridgehead atoms. The molecule has 1 aliphatic heterocycles. The molecule has 2 rings (SSSR count). The van der Waals surface area contributed by atoms with Gasteiger partial charge in [-0.25, -0.2) is 14.2 Å². The number of pyridine rings is 1. The van der Waals surface area contributed by atoms with Crippen LogP contribution < -0.4 is 5.32 Å². The van der Waals surface area contributed by atoms with Crippen LogP contribution in [0.1, 0.15) is 19.8 Å². The third-order valence-electron chi connectivity index (χ3n) is 3.17. The number of nitrogens with one attached hydrogen (secondary N) is 1. The number of amides is 1. The Morgan fingerprint density at radius 1 is 1.60 bits per heavy atom. The van der Waals surface area contributed by atoms with Gasteiger partial charge in [0.25, 0.3) is 0 Å². The molecule has 0 saturated carbocycles. The van der Waals surface area contributed by atoms with Crippen LogP contribution in [0.25, 0.3) is 0 Å². The lowest BCUT2D eigenvalue weighted by Crippen LogP contribution is -2.42. The van der Waals surface area contributed by atoms with Gasteiger partial charge in [-0.15, -0.1) is 0 Å². The number of piperidine rings is 1. The molecule has 1 N–H and O–H groups in total. The van der Waals surface area contributed by atoms with Crippen LogP contribution in [0.3, 0.4) is 0 Å². The van der Waals surface area contributed by atoms with E-state index in [9.17, 15) is 9.18 Å². The van der Waals surface area contributed by atoms with Crippen molar-refractivity contribution in [1.82, 2.24) is 9.88 Å². The number of likely N-dealkylation sites (tertiary alicyclic amines) is 1. The molecule has 0 unspecified atom stereocenters. The molecule has 5 nitrogen and oxygen atoms in total. The third-order valence-corrected chi connectivity index (χ3v) is 3.38. The molecule has 1 fully saturated rings. The van der Waals surface area contributed by atoms with E-state index < -0.39 is 5.82 Å². The Bertz CT molecular complexity index is 479. The molecule has 110 valence electrons. The van der Waals surface area contributed by atoms with Crippen molar-refractivity contribution in [3.05, 3.63) is 23.1 Å². The fourth-order valence-electron chi connectivity index (χ4n) is 2.14. The van der Waals surface area contributed by atoms with Gasteiger partial charge in [0, 0.05) is 25.3 Å². The molecule has 0 aliphatic carbocycles. The Balaban J connectivity index is 1.86.